The summed E-state index contributed by atoms with van der Waals surface area (Å²) in [7, 11) is 1.41. The van der Waals surface area contributed by atoms with Gasteiger partial charge in [0.25, 0.3) is 0 Å². The third kappa shape index (κ3) is 4.97. The molecule has 2 rings (SSSR count). The Morgan fingerprint density at radius 1 is 0.952 bits per heavy atom. The van der Waals surface area contributed by atoms with Gasteiger partial charge in [-0.25, -0.2) is 4.79 Å². The first-order valence-corrected chi connectivity index (χ1v) is 9.68. The second kappa shape index (κ2) is 8.55. The zero-order chi connectivity index (χ0) is 15.2. The number of hydrogen-bond acceptors (Lipinski definition) is 6. The molecule has 0 unspecified atom stereocenters. The predicted molar refractivity (Wildman–Crippen MR) is 97.8 cm³/mol. The Bertz CT molecular complexity index is 377. The van der Waals surface area contributed by atoms with Crippen molar-refractivity contribution in [1.29, 1.82) is 0 Å². The lowest BCUT2D eigenvalue weighted by Crippen LogP contribution is -2.30. The number of rotatable bonds is 3. The molecule has 118 valence electrons. The number of ether oxygens (including phenoxy) is 1. The van der Waals surface area contributed by atoms with Crippen molar-refractivity contribution in [2.45, 2.75) is 30.3 Å². The van der Waals surface area contributed by atoms with E-state index < -0.39 is 4.58 Å². The van der Waals surface area contributed by atoms with E-state index in [1.807, 2.05) is 0 Å². The highest BCUT2D eigenvalue weighted by Crippen LogP contribution is 2.31. The highest BCUT2D eigenvalue weighted by Gasteiger charge is 2.29. The Morgan fingerprint density at radius 3 is 1.67 bits per heavy atom. The van der Waals surface area contributed by atoms with Crippen LogP contribution in [-0.2, 0) is 9.53 Å². The summed E-state index contributed by atoms with van der Waals surface area (Å²) in [6.07, 6.45) is 4.68. The molecule has 2 saturated heterocycles. The Balaban J connectivity index is 1.91. The van der Waals surface area contributed by atoms with Gasteiger partial charge in [-0.1, -0.05) is 48.0 Å². The fraction of sp³-hybridized carbons (Fsp3) is 0.769. The van der Waals surface area contributed by atoms with E-state index >= 15 is 0 Å². The maximum atomic E-state index is 12.0. The van der Waals surface area contributed by atoms with Crippen LogP contribution in [0.3, 0.4) is 0 Å². The lowest BCUT2D eigenvalue weighted by Gasteiger charge is -2.24. The number of nitrogens with zero attached hydrogens (tertiary/aromatic N) is 2. The maximum Gasteiger partial charge on any atom is 0.329 e. The van der Waals surface area contributed by atoms with Gasteiger partial charge in [-0.2, -0.15) is 0 Å². The molecule has 2 aliphatic rings. The third-order valence-corrected chi connectivity index (χ3v) is 6.94. The topological polar surface area (TPSA) is 32.8 Å². The highest BCUT2D eigenvalue weighted by atomic mass is 32.2. The van der Waals surface area contributed by atoms with Crippen LogP contribution in [0.2, 0.25) is 0 Å². The highest BCUT2D eigenvalue weighted by molar-refractivity contribution is 8.36. The number of thiocarbonyl (C=S) groups is 2. The Hall–Kier alpha value is -0.0500. The average molecular weight is 365 g/mol. The molecular formula is C13H20N2O2S4. The number of thioether (sulfide) groups is 2. The van der Waals surface area contributed by atoms with Gasteiger partial charge in [-0.05, 0) is 25.7 Å². The standard InChI is InChI=1S/C13H20N2O2S4/c1-17-10(16)11(20-12(18)14-6-2-3-7-14)21-13(19)15-8-4-5-9-15/h11H,2-9H2,1H3. The second-order valence-electron chi connectivity index (χ2n) is 5.01. The van der Waals surface area contributed by atoms with Crippen LogP contribution < -0.4 is 0 Å². The Labute approximate surface area is 145 Å². The van der Waals surface area contributed by atoms with Gasteiger partial charge in [0.1, 0.15) is 8.64 Å². The maximum absolute atomic E-state index is 12.0. The first kappa shape index (κ1) is 17.3. The summed E-state index contributed by atoms with van der Waals surface area (Å²) >= 11 is 13.7. The van der Waals surface area contributed by atoms with Crippen LogP contribution in [0.1, 0.15) is 25.7 Å². The molecule has 0 amide bonds. The SMILES string of the molecule is COC(=O)C(SC(=S)N1CCCC1)SC(=S)N1CCCC1. The van der Waals surface area contributed by atoms with Crippen LogP contribution >= 0.6 is 48.0 Å². The summed E-state index contributed by atoms with van der Waals surface area (Å²) < 4.78 is 6.05. The molecule has 0 aromatic heterocycles. The quantitative estimate of drug-likeness (QED) is 0.429. The summed E-state index contributed by atoms with van der Waals surface area (Å²) in [5.41, 5.74) is 0. The van der Waals surface area contributed by atoms with E-state index in [4.69, 9.17) is 29.2 Å². The van der Waals surface area contributed by atoms with E-state index in [9.17, 15) is 4.79 Å². The molecule has 0 saturated carbocycles. The molecule has 0 aromatic carbocycles. The minimum absolute atomic E-state index is 0.270. The molecule has 2 aliphatic heterocycles. The van der Waals surface area contributed by atoms with Gasteiger partial charge < -0.3 is 14.5 Å². The predicted octanol–water partition coefficient (Wildman–Crippen LogP) is 2.71. The van der Waals surface area contributed by atoms with Crippen LogP contribution in [0.4, 0.5) is 0 Å². The summed E-state index contributed by atoms with van der Waals surface area (Å²) in [5.74, 6) is -0.270. The van der Waals surface area contributed by atoms with Gasteiger partial charge in [0.15, 0.2) is 4.58 Å². The second-order valence-corrected chi connectivity index (χ2v) is 8.79. The molecule has 0 aliphatic carbocycles. The number of carbonyl (C=O) groups is 1. The van der Waals surface area contributed by atoms with Gasteiger partial charge in [0.05, 0.1) is 7.11 Å². The zero-order valence-corrected chi connectivity index (χ0v) is 15.3. The molecular weight excluding hydrogens is 344 g/mol. The van der Waals surface area contributed by atoms with Crippen LogP contribution in [0.5, 0.6) is 0 Å². The van der Waals surface area contributed by atoms with Crippen molar-refractivity contribution >= 4 is 62.6 Å². The lowest BCUT2D eigenvalue weighted by molar-refractivity contribution is -0.138. The minimum Gasteiger partial charge on any atom is -0.468 e. The smallest absolute Gasteiger partial charge is 0.329 e. The largest absolute Gasteiger partial charge is 0.468 e. The summed E-state index contributed by atoms with van der Waals surface area (Å²) in [6, 6.07) is 0. The number of carbonyl (C=O) groups excluding carboxylic acids is 1. The molecule has 21 heavy (non-hydrogen) atoms. The summed E-state index contributed by atoms with van der Waals surface area (Å²) in [5, 5.41) is 0. The molecule has 2 heterocycles. The van der Waals surface area contributed by atoms with Crippen molar-refractivity contribution in [2.75, 3.05) is 33.3 Å². The average Bonchev–Trinajstić information content (AvgIpc) is 3.17. The van der Waals surface area contributed by atoms with Gasteiger partial charge in [0.2, 0.25) is 0 Å². The molecule has 0 spiro atoms. The lowest BCUT2D eigenvalue weighted by atomic mass is 10.4. The Morgan fingerprint density at radius 2 is 1.33 bits per heavy atom. The van der Waals surface area contributed by atoms with E-state index in [1.165, 1.54) is 56.3 Å². The minimum atomic E-state index is -0.406. The van der Waals surface area contributed by atoms with E-state index in [0.29, 0.717) is 0 Å². The number of hydrogen-bond donors (Lipinski definition) is 0. The number of methoxy groups -OCH3 is 1. The van der Waals surface area contributed by atoms with E-state index in [0.717, 1.165) is 34.8 Å². The van der Waals surface area contributed by atoms with Gasteiger partial charge in [-0.3, -0.25) is 0 Å². The summed E-state index contributed by atoms with van der Waals surface area (Å²) in [6.45, 7) is 3.95. The molecule has 4 nitrogen and oxygen atoms in total. The zero-order valence-electron chi connectivity index (χ0n) is 12.1. The fourth-order valence-electron chi connectivity index (χ4n) is 2.35. The van der Waals surface area contributed by atoms with Crippen LogP contribution in [0, 0.1) is 0 Å². The molecule has 8 heteroatoms. The molecule has 0 aromatic rings. The van der Waals surface area contributed by atoms with Crippen molar-refractivity contribution in [3.8, 4) is 0 Å². The Kier molecular flexibility index (Phi) is 7.04. The first-order chi connectivity index (χ1) is 10.1. The van der Waals surface area contributed by atoms with Crippen molar-refractivity contribution in [3.05, 3.63) is 0 Å². The van der Waals surface area contributed by atoms with E-state index in [-0.39, 0.29) is 5.97 Å². The van der Waals surface area contributed by atoms with Crippen molar-refractivity contribution < 1.29 is 9.53 Å². The fourth-order valence-corrected chi connectivity index (χ4v) is 5.81. The van der Waals surface area contributed by atoms with Crippen molar-refractivity contribution in [1.82, 2.24) is 9.80 Å². The molecule has 0 bridgehead atoms. The number of esters is 1. The third-order valence-electron chi connectivity index (χ3n) is 3.54. The van der Waals surface area contributed by atoms with Crippen molar-refractivity contribution in [2.24, 2.45) is 0 Å². The van der Waals surface area contributed by atoms with Gasteiger partial charge in [0, 0.05) is 26.2 Å². The first-order valence-electron chi connectivity index (χ1n) is 7.11. The molecule has 0 radical (unpaired) electrons. The normalized spacial score (nSPS) is 18.4. The van der Waals surface area contributed by atoms with Gasteiger partial charge >= 0.3 is 5.97 Å². The van der Waals surface area contributed by atoms with Crippen molar-refractivity contribution in [3.63, 3.8) is 0 Å². The summed E-state index contributed by atoms with van der Waals surface area (Å²) in [4.78, 5) is 16.3. The van der Waals surface area contributed by atoms with Gasteiger partial charge in [-0.15, -0.1) is 0 Å². The van der Waals surface area contributed by atoms with Crippen LogP contribution in [-0.4, -0.2) is 62.3 Å². The van der Waals surface area contributed by atoms with E-state index in [1.54, 1.807) is 0 Å². The van der Waals surface area contributed by atoms with Crippen LogP contribution in [0.15, 0.2) is 0 Å². The molecule has 0 atom stereocenters. The monoisotopic (exact) mass is 364 g/mol. The molecule has 2 fully saturated rings. The van der Waals surface area contributed by atoms with E-state index in [2.05, 4.69) is 9.80 Å². The molecule has 0 N–H and O–H groups in total. The number of likely N-dealkylation sites (tertiary alicyclic amines) is 2. The van der Waals surface area contributed by atoms with Crippen LogP contribution in [0.25, 0.3) is 0 Å².